The smallest absolute Gasteiger partial charge is 0.256 e. The Morgan fingerprint density at radius 2 is 1.96 bits per heavy atom. The molecule has 0 bridgehead atoms. The molecule has 5 heteroatoms. The number of phenols is 2. The van der Waals surface area contributed by atoms with Crippen LogP contribution in [0.4, 0.5) is 5.69 Å². The SMILES string of the molecule is O=C1Nc2ccc(O)cc2C1=Cc1ccc(O)c2ncccc12. The predicted molar refractivity (Wildman–Crippen MR) is 88.0 cm³/mol. The van der Waals surface area contributed by atoms with Crippen molar-refractivity contribution in [1.82, 2.24) is 4.98 Å². The predicted octanol–water partition coefficient (Wildman–Crippen LogP) is 3.14. The van der Waals surface area contributed by atoms with Crippen molar-refractivity contribution in [3.63, 3.8) is 0 Å². The Labute approximate surface area is 131 Å². The molecule has 1 aromatic heterocycles. The number of phenolic OH excluding ortho intramolecular Hbond substituents is 2. The van der Waals surface area contributed by atoms with Crippen molar-refractivity contribution in [1.29, 1.82) is 0 Å². The van der Waals surface area contributed by atoms with E-state index >= 15 is 0 Å². The second-order valence-corrected chi connectivity index (χ2v) is 5.32. The molecule has 2 heterocycles. The van der Waals surface area contributed by atoms with Gasteiger partial charge in [0.1, 0.15) is 17.0 Å². The zero-order valence-corrected chi connectivity index (χ0v) is 11.9. The molecule has 112 valence electrons. The number of aromatic hydroxyl groups is 2. The molecule has 1 amide bonds. The van der Waals surface area contributed by atoms with Gasteiger partial charge in [0.05, 0.1) is 0 Å². The number of nitrogens with one attached hydrogen (secondary N) is 1. The lowest BCUT2D eigenvalue weighted by molar-refractivity contribution is -0.110. The molecule has 0 unspecified atom stereocenters. The zero-order valence-electron chi connectivity index (χ0n) is 11.9. The van der Waals surface area contributed by atoms with Gasteiger partial charge in [0.2, 0.25) is 0 Å². The number of benzene rings is 2. The summed E-state index contributed by atoms with van der Waals surface area (Å²) in [5, 5.41) is 23.1. The normalized spacial score (nSPS) is 15.0. The average Bonchev–Trinajstić information content (AvgIpc) is 2.86. The number of pyridine rings is 1. The number of fused-ring (bicyclic) bond motifs is 2. The largest absolute Gasteiger partial charge is 0.508 e. The van der Waals surface area contributed by atoms with Gasteiger partial charge in [-0.1, -0.05) is 12.1 Å². The molecule has 0 saturated carbocycles. The van der Waals surface area contributed by atoms with Crippen LogP contribution in [0.15, 0.2) is 48.7 Å². The number of hydrogen-bond acceptors (Lipinski definition) is 4. The lowest BCUT2D eigenvalue weighted by atomic mass is 10.0. The number of aromatic nitrogens is 1. The summed E-state index contributed by atoms with van der Waals surface area (Å²) in [7, 11) is 0. The second kappa shape index (κ2) is 4.84. The first-order valence-corrected chi connectivity index (χ1v) is 7.06. The third-order valence-electron chi connectivity index (χ3n) is 3.87. The van der Waals surface area contributed by atoms with Gasteiger partial charge in [-0.2, -0.15) is 0 Å². The maximum absolute atomic E-state index is 12.2. The Morgan fingerprint density at radius 1 is 1.09 bits per heavy atom. The molecule has 4 rings (SSSR count). The monoisotopic (exact) mass is 304 g/mol. The van der Waals surface area contributed by atoms with E-state index in [4.69, 9.17) is 0 Å². The molecule has 1 aliphatic rings. The van der Waals surface area contributed by atoms with Crippen LogP contribution < -0.4 is 5.32 Å². The molecule has 0 spiro atoms. The summed E-state index contributed by atoms with van der Waals surface area (Å²) in [6, 6.07) is 11.7. The van der Waals surface area contributed by atoms with Gasteiger partial charge < -0.3 is 15.5 Å². The van der Waals surface area contributed by atoms with Crippen LogP contribution in [-0.4, -0.2) is 21.1 Å². The summed E-state index contributed by atoms with van der Waals surface area (Å²) >= 11 is 0. The molecule has 0 aliphatic carbocycles. The van der Waals surface area contributed by atoms with Crippen LogP contribution >= 0.6 is 0 Å². The molecule has 3 N–H and O–H groups in total. The third kappa shape index (κ3) is 2.10. The summed E-state index contributed by atoms with van der Waals surface area (Å²) in [5.41, 5.74) is 3.04. The van der Waals surface area contributed by atoms with Crippen molar-refractivity contribution in [3.05, 3.63) is 59.8 Å². The Bertz CT molecular complexity index is 993. The molecule has 0 saturated heterocycles. The molecule has 1 aliphatic heterocycles. The Balaban J connectivity index is 1.94. The van der Waals surface area contributed by atoms with E-state index in [-0.39, 0.29) is 17.4 Å². The number of nitrogens with zero attached hydrogens (tertiary/aromatic N) is 1. The third-order valence-corrected chi connectivity index (χ3v) is 3.87. The van der Waals surface area contributed by atoms with Crippen molar-refractivity contribution in [2.45, 2.75) is 0 Å². The van der Waals surface area contributed by atoms with Crippen LogP contribution in [0.1, 0.15) is 11.1 Å². The van der Waals surface area contributed by atoms with Gasteiger partial charge in [0.25, 0.3) is 5.91 Å². The first kappa shape index (κ1) is 13.3. The number of carbonyl (C=O) groups excluding carboxylic acids is 1. The minimum atomic E-state index is -0.226. The fourth-order valence-corrected chi connectivity index (χ4v) is 2.78. The molecule has 5 nitrogen and oxygen atoms in total. The molecule has 2 aromatic carbocycles. The van der Waals surface area contributed by atoms with E-state index in [1.165, 1.54) is 6.07 Å². The number of carbonyl (C=O) groups is 1. The van der Waals surface area contributed by atoms with Gasteiger partial charge in [-0.25, -0.2) is 0 Å². The van der Waals surface area contributed by atoms with Crippen molar-refractivity contribution in [2.75, 3.05) is 5.32 Å². The summed E-state index contributed by atoms with van der Waals surface area (Å²) in [5.74, 6) is -0.0317. The van der Waals surface area contributed by atoms with Gasteiger partial charge in [-0.15, -0.1) is 0 Å². The van der Waals surface area contributed by atoms with E-state index in [2.05, 4.69) is 10.3 Å². The minimum absolute atomic E-state index is 0.0941. The lowest BCUT2D eigenvalue weighted by Gasteiger charge is -2.05. The maximum Gasteiger partial charge on any atom is 0.256 e. The van der Waals surface area contributed by atoms with Gasteiger partial charge in [0, 0.05) is 28.4 Å². The first-order chi connectivity index (χ1) is 11.1. The highest BCUT2D eigenvalue weighted by Gasteiger charge is 2.24. The van der Waals surface area contributed by atoms with Crippen LogP contribution in [0.25, 0.3) is 22.6 Å². The van der Waals surface area contributed by atoms with E-state index < -0.39 is 0 Å². The first-order valence-electron chi connectivity index (χ1n) is 7.06. The molecule has 0 atom stereocenters. The van der Waals surface area contributed by atoms with E-state index in [1.807, 2.05) is 6.07 Å². The van der Waals surface area contributed by atoms with Crippen molar-refractivity contribution in [3.8, 4) is 11.5 Å². The molecule has 23 heavy (non-hydrogen) atoms. The molecular formula is C18H12N2O3. The second-order valence-electron chi connectivity index (χ2n) is 5.32. The number of anilines is 1. The maximum atomic E-state index is 12.2. The van der Waals surface area contributed by atoms with E-state index in [9.17, 15) is 15.0 Å². The van der Waals surface area contributed by atoms with Gasteiger partial charge in [0.15, 0.2) is 0 Å². The standard InChI is InChI=1S/C18H12N2O3/c21-11-4-5-15-13(9-11)14(18(23)20-15)8-10-3-6-16(22)17-12(10)2-1-7-19-17/h1-9,21-22H,(H,20,23). The Kier molecular flexibility index (Phi) is 2.81. The van der Waals surface area contributed by atoms with Crippen molar-refractivity contribution >= 4 is 34.1 Å². The van der Waals surface area contributed by atoms with Crippen LogP contribution in [0.5, 0.6) is 11.5 Å². The summed E-state index contributed by atoms with van der Waals surface area (Å²) in [6.07, 6.45) is 3.35. The highest BCUT2D eigenvalue weighted by Crippen LogP contribution is 2.36. The number of hydrogen-bond donors (Lipinski definition) is 3. The molecule has 0 fully saturated rings. The fraction of sp³-hybridized carbons (Fsp3) is 0. The quantitative estimate of drug-likeness (QED) is 0.476. The highest BCUT2D eigenvalue weighted by molar-refractivity contribution is 6.35. The van der Waals surface area contributed by atoms with E-state index in [0.29, 0.717) is 22.3 Å². The fourth-order valence-electron chi connectivity index (χ4n) is 2.78. The van der Waals surface area contributed by atoms with Gasteiger partial charge in [-0.3, -0.25) is 9.78 Å². The van der Waals surface area contributed by atoms with Crippen molar-refractivity contribution in [2.24, 2.45) is 0 Å². The van der Waals surface area contributed by atoms with Crippen molar-refractivity contribution < 1.29 is 15.0 Å². The van der Waals surface area contributed by atoms with Crippen LogP contribution in [0, 0.1) is 0 Å². The topological polar surface area (TPSA) is 82.5 Å². The summed E-state index contributed by atoms with van der Waals surface area (Å²) in [6.45, 7) is 0. The van der Waals surface area contributed by atoms with Crippen LogP contribution in [0.2, 0.25) is 0 Å². The van der Waals surface area contributed by atoms with E-state index in [1.54, 1.807) is 42.6 Å². The molecule has 3 aromatic rings. The van der Waals surface area contributed by atoms with Gasteiger partial charge >= 0.3 is 0 Å². The minimum Gasteiger partial charge on any atom is -0.508 e. The summed E-state index contributed by atoms with van der Waals surface area (Å²) < 4.78 is 0. The zero-order chi connectivity index (χ0) is 16.0. The Hall–Kier alpha value is -3.34. The number of rotatable bonds is 1. The van der Waals surface area contributed by atoms with Gasteiger partial charge in [-0.05, 0) is 42.0 Å². The van der Waals surface area contributed by atoms with Crippen LogP contribution in [0.3, 0.4) is 0 Å². The Morgan fingerprint density at radius 3 is 2.83 bits per heavy atom. The lowest BCUT2D eigenvalue weighted by Crippen LogP contribution is -2.03. The van der Waals surface area contributed by atoms with Crippen LogP contribution in [-0.2, 0) is 4.79 Å². The summed E-state index contributed by atoms with van der Waals surface area (Å²) in [4.78, 5) is 16.4. The highest BCUT2D eigenvalue weighted by atomic mass is 16.3. The molecule has 0 radical (unpaired) electrons. The average molecular weight is 304 g/mol. The molecular weight excluding hydrogens is 292 g/mol. The van der Waals surface area contributed by atoms with E-state index in [0.717, 1.165) is 10.9 Å². The number of amides is 1.